The molecule has 0 aliphatic rings. The number of carbonyl (C=O) groups is 2. The van der Waals surface area contributed by atoms with E-state index in [1.165, 1.54) is 6.07 Å². The van der Waals surface area contributed by atoms with Gasteiger partial charge in [0.2, 0.25) is 0 Å². The summed E-state index contributed by atoms with van der Waals surface area (Å²) in [4.78, 5) is 35.9. The van der Waals surface area contributed by atoms with Gasteiger partial charge in [0.25, 0.3) is 0 Å². The Morgan fingerprint density at radius 1 is 1.00 bits per heavy atom. The van der Waals surface area contributed by atoms with Crippen molar-refractivity contribution >= 4 is 22.9 Å². The zero-order chi connectivity index (χ0) is 22.9. The van der Waals surface area contributed by atoms with Crippen LogP contribution in [0, 0.1) is 6.92 Å². The zero-order valence-corrected chi connectivity index (χ0v) is 18.2. The molecular formula is C25H26O7. The van der Waals surface area contributed by atoms with Gasteiger partial charge in [-0.3, -0.25) is 4.79 Å². The van der Waals surface area contributed by atoms with Gasteiger partial charge in [-0.2, -0.15) is 0 Å². The van der Waals surface area contributed by atoms with Crippen LogP contribution in [0.15, 0.2) is 57.7 Å². The minimum absolute atomic E-state index is 0.144. The van der Waals surface area contributed by atoms with E-state index < -0.39 is 11.6 Å². The third-order valence-electron chi connectivity index (χ3n) is 4.79. The molecule has 0 aliphatic carbocycles. The van der Waals surface area contributed by atoms with Crippen LogP contribution >= 0.6 is 0 Å². The molecule has 2 aromatic carbocycles. The first-order chi connectivity index (χ1) is 15.5. The molecule has 0 N–H and O–H groups in total. The minimum atomic E-state index is -0.534. The van der Waals surface area contributed by atoms with Crippen molar-refractivity contribution in [2.45, 2.75) is 39.7 Å². The van der Waals surface area contributed by atoms with Crippen molar-refractivity contribution in [3.63, 3.8) is 0 Å². The number of aryl methyl sites for hydroxylation is 2. The van der Waals surface area contributed by atoms with Crippen LogP contribution in [0.4, 0.5) is 0 Å². The molecule has 0 fully saturated rings. The number of benzene rings is 2. The molecule has 0 saturated carbocycles. The first kappa shape index (κ1) is 23.1. The molecule has 0 atom stereocenters. The Morgan fingerprint density at radius 2 is 1.78 bits per heavy atom. The zero-order valence-electron chi connectivity index (χ0n) is 18.2. The summed E-state index contributed by atoms with van der Waals surface area (Å²) in [6.07, 6.45) is 1.26. The number of ether oxygens (including phenoxy) is 3. The van der Waals surface area contributed by atoms with E-state index in [1.807, 2.05) is 43.3 Å². The maximum atomic E-state index is 12.2. The van der Waals surface area contributed by atoms with Gasteiger partial charge in [-0.1, -0.05) is 37.3 Å². The molecule has 0 radical (unpaired) electrons. The number of esters is 2. The molecule has 0 aliphatic heterocycles. The van der Waals surface area contributed by atoms with E-state index in [9.17, 15) is 14.4 Å². The Balaban J connectivity index is 1.74. The van der Waals surface area contributed by atoms with Crippen molar-refractivity contribution in [2.24, 2.45) is 0 Å². The van der Waals surface area contributed by atoms with Crippen LogP contribution in [0.25, 0.3) is 11.0 Å². The average molecular weight is 438 g/mol. The van der Waals surface area contributed by atoms with Gasteiger partial charge in [0.1, 0.15) is 17.9 Å². The minimum Gasteiger partial charge on any atom is -0.481 e. The van der Waals surface area contributed by atoms with Crippen LogP contribution in [0.3, 0.4) is 0 Å². The Bertz CT molecular complexity index is 1130. The molecule has 0 bridgehead atoms. The molecule has 0 amide bonds. The smallest absolute Gasteiger partial charge is 0.344 e. The first-order valence-electron chi connectivity index (χ1n) is 10.5. The summed E-state index contributed by atoms with van der Waals surface area (Å²) in [7, 11) is 0. The normalized spacial score (nSPS) is 10.7. The average Bonchev–Trinajstić information content (AvgIpc) is 2.79. The van der Waals surface area contributed by atoms with Gasteiger partial charge in [0.05, 0.1) is 6.61 Å². The maximum absolute atomic E-state index is 12.2. The van der Waals surface area contributed by atoms with Crippen molar-refractivity contribution < 1.29 is 28.2 Å². The fraction of sp³-hybridized carbons (Fsp3) is 0.320. The monoisotopic (exact) mass is 438 g/mol. The molecule has 3 rings (SSSR count). The fourth-order valence-corrected chi connectivity index (χ4v) is 3.16. The number of hydrogen-bond acceptors (Lipinski definition) is 7. The third kappa shape index (κ3) is 6.44. The lowest BCUT2D eigenvalue weighted by Gasteiger charge is -2.13. The van der Waals surface area contributed by atoms with Crippen molar-refractivity contribution in [3.8, 4) is 5.75 Å². The predicted octanol–water partition coefficient (Wildman–Crippen LogP) is 4.11. The van der Waals surface area contributed by atoms with Crippen LogP contribution in [0.1, 0.15) is 36.5 Å². The molecule has 3 aromatic rings. The number of rotatable bonds is 10. The van der Waals surface area contributed by atoms with Crippen LogP contribution in [0.5, 0.6) is 5.75 Å². The molecule has 0 unspecified atom stereocenters. The highest BCUT2D eigenvalue weighted by molar-refractivity contribution is 5.83. The van der Waals surface area contributed by atoms with Crippen LogP contribution in [-0.4, -0.2) is 25.2 Å². The van der Waals surface area contributed by atoms with E-state index >= 15 is 0 Å². The van der Waals surface area contributed by atoms with Gasteiger partial charge in [0, 0.05) is 23.9 Å². The summed E-state index contributed by atoms with van der Waals surface area (Å²) in [5.74, 6) is -0.490. The lowest BCUT2D eigenvalue weighted by Crippen LogP contribution is -2.16. The van der Waals surface area contributed by atoms with E-state index in [0.29, 0.717) is 29.9 Å². The van der Waals surface area contributed by atoms with Gasteiger partial charge >= 0.3 is 17.6 Å². The van der Waals surface area contributed by atoms with E-state index in [0.717, 1.165) is 22.9 Å². The second-order valence-corrected chi connectivity index (χ2v) is 7.36. The summed E-state index contributed by atoms with van der Waals surface area (Å²) in [6, 6.07) is 14.1. The van der Waals surface area contributed by atoms with Gasteiger partial charge < -0.3 is 18.6 Å². The molecule has 1 heterocycles. The number of hydrogen-bond donors (Lipinski definition) is 0. The van der Waals surface area contributed by atoms with Crippen molar-refractivity contribution in [1.29, 1.82) is 0 Å². The summed E-state index contributed by atoms with van der Waals surface area (Å²) in [6.45, 7) is 3.93. The largest absolute Gasteiger partial charge is 0.481 e. The third-order valence-corrected chi connectivity index (χ3v) is 4.79. The standard InChI is InChI=1S/C25H26O7/c1-3-11-29-23(26)10-9-19-13-20-17(2)12-24(27)32-22(20)14-21(19)30-16-25(28)31-15-18-7-5-4-6-8-18/h4-8,12-14H,3,9-11,15-16H2,1-2H3. The predicted molar refractivity (Wildman–Crippen MR) is 119 cm³/mol. The van der Waals surface area contributed by atoms with Gasteiger partial charge in [-0.15, -0.1) is 0 Å². The Morgan fingerprint density at radius 3 is 2.53 bits per heavy atom. The van der Waals surface area contributed by atoms with Gasteiger partial charge in [0.15, 0.2) is 6.61 Å². The van der Waals surface area contributed by atoms with Crippen molar-refractivity contribution in [3.05, 3.63) is 75.6 Å². The van der Waals surface area contributed by atoms with E-state index in [4.69, 9.17) is 18.6 Å². The Hall–Kier alpha value is -3.61. The van der Waals surface area contributed by atoms with E-state index in [2.05, 4.69) is 0 Å². The van der Waals surface area contributed by atoms with Crippen LogP contribution < -0.4 is 10.4 Å². The molecule has 1 aromatic heterocycles. The molecular weight excluding hydrogens is 412 g/mol. The van der Waals surface area contributed by atoms with E-state index in [-0.39, 0.29) is 25.6 Å². The SMILES string of the molecule is CCCOC(=O)CCc1cc2c(C)cc(=O)oc2cc1OCC(=O)OCc1ccccc1. The molecule has 32 heavy (non-hydrogen) atoms. The highest BCUT2D eigenvalue weighted by Crippen LogP contribution is 2.28. The lowest BCUT2D eigenvalue weighted by molar-refractivity contribution is -0.147. The number of carbonyl (C=O) groups excluding carboxylic acids is 2. The quantitative estimate of drug-likeness (QED) is 0.347. The summed E-state index contributed by atoms with van der Waals surface area (Å²) in [5, 5.41) is 0.737. The van der Waals surface area contributed by atoms with Crippen LogP contribution in [0.2, 0.25) is 0 Å². The summed E-state index contributed by atoms with van der Waals surface area (Å²) >= 11 is 0. The molecule has 7 nitrogen and oxygen atoms in total. The fourth-order valence-electron chi connectivity index (χ4n) is 3.16. The first-order valence-corrected chi connectivity index (χ1v) is 10.5. The lowest BCUT2D eigenvalue weighted by atomic mass is 10.0. The van der Waals surface area contributed by atoms with Crippen molar-refractivity contribution in [2.75, 3.05) is 13.2 Å². The Kier molecular flexibility index (Phi) is 8.02. The maximum Gasteiger partial charge on any atom is 0.344 e. The van der Waals surface area contributed by atoms with Gasteiger partial charge in [-0.05, 0) is 42.5 Å². The van der Waals surface area contributed by atoms with Crippen LogP contribution in [-0.2, 0) is 32.1 Å². The molecule has 0 saturated heterocycles. The van der Waals surface area contributed by atoms with E-state index in [1.54, 1.807) is 13.0 Å². The molecule has 0 spiro atoms. The second kappa shape index (κ2) is 11.1. The highest BCUT2D eigenvalue weighted by Gasteiger charge is 2.14. The Labute approximate surface area is 185 Å². The topological polar surface area (TPSA) is 92.0 Å². The molecule has 168 valence electrons. The second-order valence-electron chi connectivity index (χ2n) is 7.36. The highest BCUT2D eigenvalue weighted by atomic mass is 16.6. The molecule has 7 heteroatoms. The van der Waals surface area contributed by atoms with Crippen molar-refractivity contribution in [1.82, 2.24) is 0 Å². The van der Waals surface area contributed by atoms with Gasteiger partial charge in [-0.25, -0.2) is 9.59 Å². The number of fused-ring (bicyclic) bond motifs is 1. The summed E-state index contributed by atoms with van der Waals surface area (Å²) < 4.78 is 21.4. The summed E-state index contributed by atoms with van der Waals surface area (Å²) in [5.41, 5.74) is 2.20.